The van der Waals surface area contributed by atoms with Crippen molar-refractivity contribution < 1.29 is 19.0 Å². The molecular formula is C16H16BrF2N3O2S2. The molecule has 0 saturated carbocycles. The molecule has 0 aliphatic carbocycles. The van der Waals surface area contributed by atoms with Crippen molar-refractivity contribution in [3.63, 3.8) is 0 Å². The van der Waals surface area contributed by atoms with Gasteiger partial charge in [-0.25, -0.2) is 13.8 Å². The smallest absolute Gasteiger partial charge is 0.162 e. The van der Waals surface area contributed by atoms with Crippen LogP contribution in [0.4, 0.5) is 8.78 Å². The SMILES string of the molecule is OCC(CO)NC1=CN(SCc2cccc(F)c2F)Cc2sc(Br)nc21. The van der Waals surface area contributed by atoms with Gasteiger partial charge in [-0.3, -0.25) is 0 Å². The van der Waals surface area contributed by atoms with E-state index in [0.29, 0.717) is 12.2 Å². The van der Waals surface area contributed by atoms with Crippen LogP contribution in [-0.2, 0) is 12.3 Å². The Balaban J connectivity index is 1.78. The van der Waals surface area contributed by atoms with Crippen LogP contribution < -0.4 is 5.32 Å². The van der Waals surface area contributed by atoms with Gasteiger partial charge in [-0.2, -0.15) is 0 Å². The third-order valence-electron chi connectivity index (χ3n) is 3.72. The van der Waals surface area contributed by atoms with Crippen molar-refractivity contribution in [3.05, 3.63) is 56.1 Å². The number of nitrogens with one attached hydrogen (secondary N) is 1. The van der Waals surface area contributed by atoms with E-state index in [1.807, 2.05) is 4.31 Å². The Morgan fingerprint density at radius 3 is 2.85 bits per heavy atom. The number of fused-ring (bicyclic) bond motifs is 1. The molecule has 140 valence electrons. The molecule has 0 saturated heterocycles. The van der Waals surface area contributed by atoms with Gasteiger partial charge in [-0.05, 0) is 33.9 Å². The zero-order chi connectivity index (χ0) is 18.7. The van der Waals surface area contributed by atoms with Crippen molar-refractivity contribution in [1.29, 1.82) is 0 Å². The number of aromatic nitrogens is 1. The quantitative estimate of drug-likeness (QED) is 0.548. The van der Waals surface area contributed by atoms with Crippen LogP contribution >= 0.6 is 39.2 Å². The zero-order valence-corrected chi connectivity index (χ0v) is 16.7. The number of thiazole rings is 1. The highest BCUT2D eigenvalue weighted by Gasteiger charge is 2.24. The van der Waals surface area contributed by atoms with E-state index in [0.717, 1.165) is 20.6 Å². The van der Waals surface area contributed by atoms with E-state index in [4.69, 9.17) is 0 Å². The second-order valence-corrected chi connectivity index (χ2v) is 8.92. The van der Waals surface area contributed by atoms with Crippen LogP contribution in [0.1, 0.15) is 16.1 Å². The summed E-state index contributed by atoms with van der Waals surface area (Å²) in [4.78, 5) is 5.42. The van der Waals surface area contributed by atoms with Gasteiger partial charge < -0.3 is 19.8 Å². The average molecular weight is 464 g/mol. The van der Waals surface area contributed by atoms with Crippen molar-refractivity contribution in [2.75, 3.05) is 13.2 Å². The highest BCUT2D eigenvalue weighted by atomic mass is 79.9. The third-order valence-corrected chi connectivity index (χ3v) is 6.21. The summed E-state index contributed by atoms with van der Waals surface area (Å²) < 4.78 is 29.8. The molecule has 2 heterocycles. The number of benzene rings is 1. The van der Waals surface area contributed by atoms with Gasteiger partial charge in [0.25, 0.3) is 0 Å². The number of hydrogen-bond donors (Lipinski definition) is 3. The first kappa shape index (κ1) is 19.6. The van der Waals surface area contributed by atoms with E-state index < -0.39 is 17.7 Å². The number of aliphatic hydroxyl groups excluding tert-OH is 2. The van der Waals surface area contributed by atoms with Crippen molar-refractivity contribution >= 4 is 44.9 Å². The Kier molecular flexibility index (Phi) is 6.51. The number of aliphatic hydroxyl groups is 2. The highest BCUT2D eigenvalue weighted by molar-refractivity contribution is 9.11. The fourth-order valence-corrected chi connectivity index (χ4v) is 4.97. The van der Waals surface area contributed by atoms with Crippen molar-refractivity contribution in [2.24, 2.45) is 0 Å². The van der Waals surface area contributed by atoms with Gasteiger partial charge in [0.2, 0.25) is 0 Å². The molecule has 10 heteroatoms. The number of halogens is 3. The van der Waals surface area contributed by atoms with E-state index in [-0.39, 0.29) is 24.5 Å². The van der Waals surface area contributed by atoms with Gasteiger partial charge in [-0.15, -0.1) is 11.3 Å². The van der Waals surface area contributed by atoms with Gasteiger partial charge in [0.05, 0.1) is 36.4 Å². The van der Waals surface area contributed by atoms with E-state index >= 15 is 0 Å². The maximum absolute atomic E-state index is 13.8. The second kappa shape index (κ2) is 8.66. The summed E-state index contributed by atoms with van der Waals surface area (Å²) in [6.07, 6.45) is 1.80. The van der Waals surface area contributed by atoms with Crippen LogP contribution in [0.25, 0.3) is 5.70 Å². The summed E-state index contributed by atoms with van der Waals surface area (Å²) in [5.41, 5.74) is 1.70. The number of rotatable bonds is 7. The molecule has 0 atom stereocenters. The molecule has 2 aromatic rings. The fourth-order valence-electron chi connectivity index (χ4n) is 2.40. The Morgan fingerprint density at radius 1 is 1.35 bits per heavy atom. The Morgan fingerprint density at radius 2 is 2.12 bits per heavy atom. The molecule has 0 spiro atoms. The van der Waals surface area contributed by atoms with Gasteiger partial charge in [-0.1, -0.05) is 12.1 Å². The predicted molar refractivity (Wildman–Crippen MR) is 102 cm³/mol. The molecule has 1 aliphatic heterocycles. The molecule has 0 radical (unpaired) electrons. The lowest BCUT2D eigenvalue weighted by atomic mass is 10.2. The van der Waals surface area contributed by atoms with Gasteiger partial charge in [0.1, 0.15) is 5.69 Å². The first-order valence-electron chi connectivity index (χ1n) is 7.70. The maximum atomic E-state index is 13.8. The van der Waals surface area contributed by atoms with E-state index in [1.165, 1.54) is 29.4 Å². The largest absolute Gasteiger partial charge is 0.394 e. The molecular weight excluding hydrogens is 448 g/mol. The van der Waals surface area contributed by atoms with Gasteiger partial charge in [0.15, 0.2) is 15.6 Å². The molecule has 1 aromatic heterocycles. The summed E-state index contributed by atoms with van der Waals surface area (Å²) in [5, 5.41) is 21.7. The normalized spacial score (nSPS) is 13.8. The fraction of sp³-hybridized carbons (Fsp3) is 0.312. The Labute approximate surface area is 166 Å². The lowest BCUT2D eigenvalue weighted by Gasteiger charge is -2.27. The van der Waals surface area contributed by atoms with Crippen molar-refractivity contribution in [3.8, 4) is 0 Å². The summed E-state index contributed by atoms with van der Waals surface area (Å²) in [6, 6.07) is 3.62. The lowest BCUT2D eigenvalue weighted by Crippen LogP contribution is -2.36. The van der Waals surface area contributed by atoms with Crippen LogP contribution in [0.15, 0.2) is 28.3 Å². The van der Waals surface area contributed by atoms with Crippen LogP contribution in [0.5, 0.6) is 0 Å². The van der Waals surface area contributed by atoms with Crippen LogP contribution in [0.2, 0.25) is 0 Å². The molecule has 1 aromatic carbocycles. The Bertz CT molecular complexity index is 815. The Hall–Kier alpha value is -1.20. The average Bonchev–Trinajstić information content (AvgIpc) is 3.01. The number of nitrogens with zero attached hydrogens (tertiary/aromatic N) is 2. The predicted octanol–water partition coefficient (Wildman–Crippen LogP) is 3.09. The lowest BCUT2D eigenvalue weighted by molar-refractivity contribution is 0.181. The summed E-state index contributed by atoms with van der Waals surface area (Å²) in [7, 11) is 0. The van der Waals surface area contributed by atoms with Crippen molar-refractivity contribution in [1.82, 2.24) is 14.6 Å². The molecule has 0 amide bonds. The highest BCUT2D eigenvalue weighted by Crippen LogP contribution is 2.35. The molecule has 0 fully saturated rings. The van der Waals surface area contributed by atoms with Crippen LogP contribution in [-0.4, -0.2) is 38.8 Å². The van der Waals surface area contributed by atoms with E-state index in [2.05, 4.69) is 26.2 Å². The zero-order valence-electron chi connectivity index (χ0n) is 13.5. The van der Waals surface area contributed by atoms with Gasteiger partial charge >= 0.3 is 0 Å². The molecule has 0 bridgehead atoms. The third kappa shape index (κ3) is 4.37. The molecule has 26 heavy (non-hydrogen) atoms. The maximum Gasteiger partial charge on any atom is 0.162 e. The van der Waals surface area contributed by atoms with Crippen LogP contribution in [0.3, 0.4) is 0 Å². The molecule has 3 N–H and O–H groups in total. The molecule has 1 aliphatic rings. The van der Waals surface area contributed by atoms with E-state index in [9.17, 15) is 19.0 Å². The first-order chi connectivity index (χ1) is 12.5. The minimum absolute atomic E-state index is 0.226. The minimum Gasteiger partial charge on any atom is -0.394 e. The summed E-state index contributed by atoms with van der Waals surface area (Å²) in [5.74, 6) is -1.42. The standard InChI is InChI=1S/C16H16BrF2N3O2S2/c17-16-21-15-12(20-10(6-23)7-24)4-22(5-13(15)26-16)25-8-9-2-1-3-11(18)14(9)19/h1-4,10,20,23-24H,5-8H2. The van der Waals surface area contributed by atoms with Crippen molar-refractivity contribution in [2.45, 2.75) is 18.3 Å². The summed E-state index contributed by atoms with van der Waals surface area (Å²) >= 11 is 6.19. The van der Waals surface area contributed by atoms with E-state index in [1.54, 1.807) is 12.3 Å². The topological polar surface area (TPSA) is 68.6 Å². The first-order valence-corrected chi connectivity index (χ1v) is 10.2. The molecule has 0 unspecified atom stereocenters. The number of hydrogen-bond acceptors (Lipinski definition) is 7. The second-order valence-electron chi connectivity index (χ2n) is 5.55. The summed E-state index contributed by atoms with van der Waals surface area (Å²) in [6.45, 7) is 0.112. The monoisotopic (exact) mass is 463 g/mol. The molecule has 3 rings (SSSR count). The van der Waals surface area contributed by atoms with Gasteiger partial charge in [0, 0.05) is 17.5 Å². The minimum atomic E-state index is -0.859. The van der Waals surface area contributed by atoms with Crippen LogP contribution in [0, 0.1) is 11.6 Å². The molecule has 5 nitrogen and oxygen atoms in total.